The van der Waals surface area contributed by atoms with Gasteiger partial charge in [-0.05, 0) is 0 Å². The molecular weight excluding hydrogens is 259 g/mol. The van der Waals surface area contributed by atoms with Crippen LogP contribution in [0.25, 0.3) is 0 Å². The minimum absolute atomic E-state index is 0.129. The van der Waals surface area contributed by atoms with Crippen molar-refractivity contribution in [3.63, 3.8) is 0 Å². The number of ketones is 1. The summed E-state index contributed by atoms with van der Waals surface area (Å²) in [6.45, 7) is 0. The summed E-state index contributed by atoms with van der Waals surface area (Å²) in [5.41, 5.74) is 0.772. The summed E-state index contributed by atoms with van der Waals surface area (Å²) < 4.78 is 1.25. The van der Waals surface area contributed by atoms with Gasteiger partial charge in [0.25, 0.3) is 0 Å². The van der Waals surface area contributed by atoms with Crippen molar-refractivity contribution < 1.29 is 4.79 Å². The summed E-state index contributed by atoms with van der Waals surface area (Å²) in [4.78, 5) is 13.6. The van der Waals surface area contributed by atoms with Crippen molar-refractivity contribution in [3.05, 3.63) is 66.2 Å². The van der Waals surface area contributed by atoms with Crippen LogP contribution in [0.4, 0.5) is 0 Å². The molecule has 0 amide bonds. The van der Waals surface area contributed by atoms with Crippen LogP contribution in [-0.2, 0) is 0 Å². The normalized spacial score (nSPS) is 10.5. The predicted octanol–water partition coefficient (Wildman–Crippen LogP) is 1.70. The maximum absolute atomic E-state index is 11.8. The fraction of sp³-hybridized carbons (Fsp3) is 0. The third-order valence-corrected chi connectivity index (χ3v) is 4.16. The third-order valence-electron chi connectivity index (χ3n) is 2.15. The Morgan fingerprint density at radius 2 is 1.44 bits per heavy atom. The number of rotatable bonds is 3. The van der Waals surface area contributed by atoms with E-state index in [1.807, 2.05) is 53.3 Å². The Kier molecular flexibility index (Phi) is 3.85. The molecule has 0 aliphatic rings. The maximum atomic E-state index is 11.8. The van der Waals surface area contributed by atoms with Gasteiger partial charge in [-0.15, -0.1) is 0 Å². The van der Waals surface area contributed by atoms with Crippen molar-refractivity contribution in [1.29, 1.82) is 0 Å². The van der Waals surface area contributed by atoms with E-state index in [-0.39, 0.29) is 21.1 Å². The quantitative estimate of drug-likeness (QED) is 0.613. The number of benzene rings is 2. The zero-order chi connectivity index (χ0) is 11.2. The van der Waals surface area contributed by atoms with Gasteiger partial charge >= 0.3 is 101 Å². The van der Waals surface area contributed by atoms with Gasteiger partial charge in [-0.2, -0.15) is 0 Å². The molecule has 2 aromatic carbocycles. The number of carbonyl (C=O) groups is 1. The summed E-state index contributed by atoms with van der Waals surface area (Å²) in [6.07, 6.45) is 0. The van der Waals surface area contributed by atoms with Crippen molar-refractivity contribution in [2.75, 3.05) is 0 Å². The van der Waals surface area contributed by atoms with E-state index in [1.54, 1.807) is 0 Å². The van der Waals surface area contributed by atoms with Crippen LogP contribution in [0.1, 0.15) is 10.4 Å². The molecule has 0 saturated carbocycles. The van der Waals surface area contributed by atoms with Gasteiger partial charge in [-0.1, -0.05) is 0 Å². The first-order valence-electron chi connectivity index (χ1n) is 5.05. The molecule has 2 rings (SSSR count). The van der Waals surface area contributed by atoms with E-state index < -0.39 is 0 Å². The fourth-order valence-corrected chi connectivity index (χ4v) is 2.92. The zero-order valence-corrected chi connectivity index (χ0v) is 10.6. The molecule has 78 valence electrons. The molecule has 0 aliphatic carbocycles. The average molecular weight is 270 g/mol. The molecule has 1 nitrogen and oxygen atoms in total. The van der Waals surface area contributed by atoms with Crippen LogP contribution in [0.3, 0.4) is 0 Å². The Labute approximate surface area is 101 Å². The Balaban J connectivity index is 2.12. The molecular formula is C14H11AsO. The van der Waals surface area contributed by atoms with Gasteiger partial charge in [-0.25, -0.2) is 0 Å². The van der Waals surface area contributed by atoms with E-state index in [4.69, 9.17) is 0 Å². The van der Waals surface area contributed by atoms with Crippen molar-refractivity contribution in [2.45, 2.75) is 0 Å². The molecule has 0 heterocycles. The first-order chi connectivity index (χ1) is 7.86. The molecule has 0 saturated heterocycles. The Morgan fingerprint density at radius 1 is 0.875 bits per heavy atom. The summed E-state index contributed by atoms with van der Waals surface area (Å²) in [5.74, 6) is 0.129. The molecule has 2 aromatic rings. The minimum atomic E-state index is -0.166. The van der Waals surface area contributed by atoms with Crippen LogP contribution in [0.2, 0.25) is 0 Å². The molecule has 0 atom stereocenters. The Hall–Kier alpha value is -1.46. The summed E-state index contributed by atoms with van der Waals surface area (Å²) >= 11 is -0.166. The van der Waals surface area contributed by atoms with E-state index in [2.05, 4.69) is 12.1 Å². The molecule has 0 bridgehead atoms. The third kappa shape index (κ3) is 3.01. The van der Waals surface area contributed by atoms with Crippen LogP contribution < -0.4 is 4.35 Å². The van der Waals surface area contributed by atoms with Crippen LogP contribution >= 0.6 is 0 Å². The van der Waals surface area contributed by atoms with Gasteiger partial charge in [0.2, 0.25) is 0 Å². The standard InChI is InChI=1S/C14H11AsO/c16-14(12-7-3-1-4-8-12)11-15-13-9-5-2-6-10-13/h1-11H. The van der Waals surface area contributed by atoms with Crippen LogP contribution in [0.5, 0.6) is 0 Å². The molecule has 2 heteroatoms. The van der Waals surface area contributed by atoms with Gasteiger partial charge in [0.15, 0.2) is 0 Å². The van der Waals surface area contributed by atoms with Crippen molar-refractivity contribution in [3.8, 4) is 0 Å². The predicted molar refractivity (Wildman–Crippen MR) is 68.7 cm³/mol. The van der Waals surface area contributed by atoms with E-state index in [9.17, 15) is 4.79 Å². The molecule has 0 aromatic heterocycles. The second kappa shape index (κ2) is 5.58. The van der Waals surface area contributed by atoms with Crippen LogP contribution in [0.15, 0.2) is 60.7 Å². The van der Waals surface area contributed by atoms with E-state index in [1.165, 1.54) is 4.35 Å². The Morgan fingerprint density at radius 3 is 2.06 bits per heavy atom. The topological polar surface area (TPSA) is 17.1 Å². The number of Topliss-reactive ketones (excluding diaryl/α,β-unsaturated/α-hetero) is 1. The first-order valence-corrected chi connectivity index (χ1v) is 7.07. The number of hydrogen-bond acceptors (Lipinski definition) is 1. The van der Waals surface area contributed by atoms with Crippen LogP contribution in [-0.4, -0.2) is 25.9 Å². The van der Waals surface area contributed by atoms with Crippen LogP contribution in [0, 0.1) is 0 Å². The summed E-state index contributed by atoms with van der Waals surface area (Å²) in [5, 5.41) is 0. The molecule has 0 aliphatic heterocycles. The zero-order valence-electron chi connectivity index (χ0n) is 8.71. The van der Waals surface area contributed by atoms with E-state index >= 15 is 0 Å². The van der Waals surface area contributed by atoms with Gasteiger partial charge in [-0.3, -0.25) is 0 Å². The molecule has 0 unspecified atom stereocenters. The first kappa shape index (κ1) is 11.0. The van der Waals surface area contributed by atoms with E-state index in [0.29, 0.717) is 0 Å². The fourth-order valence-electron chi connectivity index (χ4n) is 1.32. The molecule has 0 radical (unpaired) electrons. The second-order valence-electron chi connectivity index (χ2n) is 3.32. The SMILES string of the molecule is O=C(C=[As]c1ccccc1)c1ccccc1. The Bertz CT molecular complexity index is 489. The second-order valence-corrected chi connectivity index (χ2v) is 5.49. The average Bonchev–Trinajstić information content (AvgIpc) is 2.38. The number of hydrogen-bond donors (Lipinski definition) is 0. The summed E-state index contributed by atoms with van der Waals surface area (Å²) in [6, 6.07) is 19.5. The molecule has 0 fully saturated rings. The van der Waals surface area contributed by atoms with Crippen molar-refractivity contribution in [2.24, 2.45) is 0 Å². The molecule has 0 N–H and O–H groups in total. The summed E-state index contributed by atoms with van der Waals surface area (Å²) in [7, 11) is 0. The monoisotopic (exact) mass is 270 g/mol. The van der Waals surface area contributed by atoms with E-state index in [0.717, 1.165) is 5.56 Å². The van der Waals surface area contributed by atoms with Crippen molar-refractivity contribution >= 4 is 30.3 Å². The number of carbonyl (C=O) groups excluding carboxylic acids is 1. The van der Waals surface area contributed by atoms with Crippen molar-refractivity contribution in [1.82, 2.24) is 0 Å². The van der Waals surface area contributed by atoms with Gasteiger partial charge in [0.1, 0.15) is 0 Å². The van der Waals surface area contributed by atoms with Gasteiger partial charge in [0, 0.05) is 0 Å². The van der Waals surface area contributed by atoms with Gasteiger partial charge < -0.3 is 0 Å². The molecule has 0 spiro atoms. The molecule has 16 heavy (non-hydrogen) atoms. The van der Waals surface area contributed by atoms with Gasteiger partial charge in [0.05, 0.1) is 0 Å².